The first-order valence-electron chi connectivity index (χ1n) is 9.75. The average Bonchev–Trinajstić information content (AvgIpc) is 2.98. The van der Waals surface area contributed by atoms with E-state index in [9.17, 15) is 0 Å². The first-order chi connectivity index (χ1) is 13.1. The van der Waals surface area contributed by atoms with Crippen molar-refractivity contribution >= 4 is 41.0 Å². The van der Waals surface area contributed by atoms with Crippen LogP contribution >= 0.6 is 24.0 Å². The molecular weight excluding hydrogens is 467 g/mol. The second-order valence-corrected chi connectivity index (χ2v) is 7.53. The van der Waals surface area contributed by atoms with Gasteiger partial charge in [0.15, 0.2) is 5.96 Å². The Bertz CT molecular complexity index is 775. The maximum Gasteiger partial charge on any atom is 0.191 e. The molecule has 1 saturated heterocycles. The van der Waals surface area contributed by atoms with Crippen LogP contribution in [0.5, 0.6) is 0 Å². The molecule has 0 bridgehead atoms. The predicted octanol–water partition coefficient (Wildman–Crippen LogP) is 2.21. The number of nitrogens with zero attached hydrogens (tertiary/aromatic N) is 4. The molecule has 2 N–H and O–H groups in total. The van der Waals surface area contributed by atoms with Gasteiger partial charge >= 0.3 is 0 Å². The monoisotopic (exact) mass is 500 g/mol. The molecule has 0 saturated carbocycles. The summed E-state index contributed by atoms with van der Waals surface area (Å²) < 4.78 is 8.02. The first kappa shape index (κ1) is 22.9. The minimum Gasteiger partial charge on any atom is -0.374 e. The molecule has 7 nitrogen and oxygen atoms in total. The van der Waals surface area contributed by atoms with Gasteiger partial charge in [0, 0.05) is 40.3 Å². The van der Waals surface area contributed by atoms with E-state index in [1.54, 1.807) is 7.05 Å². The Labute approximate surface area is 185 Å². The molecule has 1 aliphatic rings. The summed E-state index contributed by atoms with van der Waals surface area (Å²) in [5.41, 5.74) is 2.15. The Kier molecular flexibility index (Phi) is 8.97. The summed E-state index contributed by atoms with van der Waals surface area (Å²) in [6, 6.07) is 8.17. The van der Waals surface area contributed by atoms with Gasteiger partial charge in [0.1, 0.15) is 5.82 Å². The van der Waals surface area contributed by atoms with Crippen molar-refractivity contribution in [3.63, 3.8) is 0 Å². The molecule has 0 radical (unpaired) electrons. The molecule has 28 heavy (non-hydrogen) atoms. The van der Waals surface area contributed by atoms with Gasteiger partial charge in [-0.25, -0.2) is 4.98 Å². The number of para-hydroxylation sites is 2. The summed E-state index contributed by atoms with van der Waals surface area (Å²) in [6.45, 7) is 9.80. The topological polar surface area (TPSA) is 66.7 Å². The highest BCUT2D eigenvalue weighted by atomic mass is 127. The van der Waals surface area contributed by atoms with Crippen LogP contribution in [0, 0.1) is 5.92 Å². The maximum atomic E-state index is 5.90. The van der Waals surface area contributed by atoms with E-state index in [4.69, 9.17) is 9.72 Å². The Morgan fingerprint density at radius 2 is 2.11 bits per heavy atom. The lowest BCUT2D eigenvalue weighted by Crippen LogP contribution is -2.50. The molecule has 1 unspecified atom stereocenters. The number of aliphatic imine (C=N–C) groups is 1. The van der Waals surface area contributed by atoms with Crippen LogP contribution in [-0.4, -0.2) is 66.3 Å². The number of nitrogens with one attached hydrogen (secondary N) is 2. The van der Waals surface area contributed by atoms with Gasteiger partial charge in [0.05, 0.1) is 30.3 Å². The van der Waals surface area contributed by atoms with Crippen molar-refractivity contribution in [1.82, 2.24) is 25.1 Å². The van der Waals surface area contributed by atoms with E-state index in [1.807, 2.05) is 25.2 Å². The number of hydrogen-bond donors (Lipinski definition) is 2. The van der Waals surface area contributed by atoms with Crippen LogP contribution in [0.1, 0.15) is 19.7 Å². The summed E-state index contributed by atoms with van der Waals surface area (Å²) in [7, 11) is 3.83. The molecule has 1 aliphatic heterocycles. The average molecular weight is 500 g/mol. The molecule has 0 spiro atoms. The van der Waals surface area contributed by atoms with Crippen LogP contribution in [0.2, 0.25) is 0 Å². The zero-order valence-corrected chi connectivity index (χ0v) is 19.6. The number of halogens is 1. The van der Waals surface area contributed by atoms with Crippen LogP contribution in [-0.2, 0) is 18.3 Å². The van der Waals surface area contributed by atoms with Gasteiger partial charge in [-0.2, -0.15) is 0 Å². The van der Waals surface area contributed by atoms with Crippen molar-refractivity contribution in [2.45, 2.75) is 26.5 Å². The fourth-order valence-electron chi connectivity index (χ4n) is 3.53. The number of fused-ring (bicyclic) bond motifs is 1. The van der Waals surface area contributed by atoms with Crippen molar-refractivity contribution in [1.29, 1.82) is 0 Å². The van der Waals surface area contributed by atoms with Gasteiger partial charge in [-0.05, 0) is 18.1 Å². The lowest BCUT2D eigenvalue weighted by molar-refractivity contribution is -0.0284. The number of aromatic nitrogens is 2. The van der Waals surface area contributed by atoms with Gasteiger partial charge in [-0.3, -0.25) is 9.89 Å². The molecule has 8 heteroatoms. The lowest BCUT2D eigenvalue weighted by Gasteiger charge is -2.34. The highest BCUT2D eigenvalue weighted by molar-refractivity contribution is 14.0. The molecule has 156 valence electrons. The number of benzene rings is 1. The number of aryl methyl sites for hydroxylation is 1. The Balaban J connectivity index is 0.00000280. The molecule has 1 atom stereocenters. The predicted molar refractivity (Wildman–Crippen MR) is 125 cm³/mol. The first-order valence-corrected chi connectivity index (χ1v) is 9.75. The summed E-state index contributed by atoms with van der Waals surface area (Å²) >= 11 is 0. The molecular formula is C20H33IN6O. The minimum absolute atomic E-state index is 0. The van der Waals surface area contributed by atoms with E-state index in [0.717, 1.165) is 55.6 Å². The smallest absolute Gasteiger partial charge is 0.191 e. The third kappa shape index (κ3) is 6.05. The van der Waals surface area contributed by atoms with Crippen molar-refractivity contribution in [2.75, 3.05) is 39.8 Å². The van der Waals surface area contributed by atoms with Gasteiger partial charge in [-0.15, -0.1) is 24.0 Å². The summed E-state index contributed by atoms with van der Waals surface area (Å²) in [6.07, 6.45) is 0.187. The fourth-order valence-corrected chi connectivity index (χ4v) is 3.53. The minimum atomic E-state index is 0. The fraction of sp³-hybridized carbons (Fsp3) is 0.600. The molecule has 0 amide bonds. The number of imidazole rings is 1. The van der Waals surface area contributed by atoms with Gasteiger partial charge < -0.3 is 19.9 Å². The van der Waals surface area contributed by atoms with Crippen LogP contribution in [0.25, 0.3) is 11.0 Å². The van der Waals surface area contributed by atoms with E-state index in [-0.39, 0.29) is 30.1 Å². The van der Waals surface area contributed by atoms with Gasteiger partial charge in [0.25, 0.3) is 0 Å². The number of ether oxygens (including phenoxy) is 1. The molecule has 2 heterocycles. The molecule has 0 aliphatic carbocycles. The van der Waals surface area contributed by atoms with Crippen LogP contribution in [0.15, 0.2) is 29.3 Å². The third-order valence-electron chi connectivity index (χ3n) is 4.86. The van der Waals surface area contributed by atoms with Gasteiger partial charge in [-0.1, -0.05) is 26.0 Å². The second kappa shape index (κ2) is 11.0. The summed E-state index contributed by atoms with van der Waals surface area (Å²) in [5, 5.41) is 6.74. The number of guanidine groups is 1. The summed E-state index contributed by atoms with van der Waals surface area (Å²) in [5.74, 6) is 2.43. The Hall–Kier alpha value is -1.39. The number of hydrogen-bond acceptors (Lipinski definition) is 4. The molecule has 1 aromatic carbocycles. The molecule has 1 fully saturated rings. The van der Waals surface area contributed by atoms with E-state index in [0.29, 0.717) is 12.5 Å². The quantitative estimate of drug-likeness (QED) is 0.362. The highest BCUT2D eigenvalue weighted by Crippen LogP contribution is 2.13. The molecule has 2 aromatic rings. The van der Waals surface area contributed by atoms with E-state index in [1.165, 1.54) is 0 Å². The molecule has 3 rings (SSSR count). The van der Waals surface area contributed by atoms with Crippen LogP contribution < -0.4 is 10.6 Å². The normalized spacial score (nSPS) is 18.3. The van der Waals surface area contributed by atoms with Crippen molar-refractivity contribution in [3.05, 3.63) is 30.1 Å². The molecule has 1 aromatic heterocycles. The van der Waals surface area contributed by atoms with Crippen LogP contribution in [0.4, 0.5) is 0 Å². The lowest BCUT2D eigenvalue weighted by atomic mass is 10.2. The zero-order chi connectivity index (χ0) is 19.2. The van der Waals surface area contributed by atoms with Crippen molar-refractivity contribution < 1.29 is 4.74 Å². The van der Waals surface area contributed by atoms with E-state index < -0.39 is 0 Å². The largest absolute Gasteiger partial charge is 0.374 e. The zero-order valence-electron chi connectivity index (χ0n) is 17.3. The number of rotatable bonds is 6. The number of morpholine rings is 1. The standard InChI is InChI=1S/C20H32N6O.HI/c1-15(2)13-26-9-10-27-16(14-26)11-22-20(21-3)23-12-19-24-17-7-5-6-8-18(17)25(19)4;/h5-8,15-16H,9-14H2,1-4H3,(H2,21,22,23);1H. The van der Waals surface area contributed by atoms with Crippen LogP contribution in [0.3, 0.4) is 0 Å². The van der Waals surface area contributed by atoms with E-state index >= 15 is 0 Å². The second-order valence-electron chi connectivity index (χ2n) is 7.53. The van der Waals surface area contributed by atoms with Gasteiger partial charge in [0.2, 0.25) is 0 Å². The van der Waals surface area contributed by atoms with Crippen molar-refractivity contribution in [2.24, 2.45) is 18.0 Å². The summed E-state index contributed by atoms with van der Waals surface area (Å²) in [4.78, 5) is 11.5. The highest BCUT2D eigenvalue weighted by Gasteiger charge is 2.21. The maximum absolute atomic E-state index is 5.90. The Morgan fingerprint density at radius 3 is 2.82 bits per heavy atom. The van der Waals surface area contributed by atoms with Crippen molar-refractivity contribution in [3.8, 4) is 0 Å². The SMILES string of the molecule is CN=C(NCc1nc2ccccc2n1C)NCC1CN(CC(C)C)CCO1.I. The third-order valence-corrected chi connectivity index (χ3v) is 4.86. The Morgan fingerprint density at radius 1 is 1.32 bits per heavy atom. The van der Waals surface area contributed by atoms with E-state index in [2.05, 4.69) is 45.0 Å².